The molecule has 0 radical (unpaired) electrons. The van der Waals surface area contributed by atoms with E-state index in [4.69, 9.17) is 4.98 Å². The van der Waals surface area contributed by atoms with E-state index >= 15 is 0 Å². The number of aromatic nitrogens is 2. The number of nitrogens with zero attached hydrogens (tertiary/aromatic N) is 3. The minimum Gasteiger partial charge on any atom is -0.349 e. The molecule has 1 fully saturated rings. The number of carbonyl (C=O) groups excluding carboxylic acids is 1. The van der Waals surface area contributed by atoms with Crippen molar-refractivity contribution in [3.8, 4) is 0 Å². The first-order chi connectivity index (χ1) is 16.3. The van der Waals surface area contributed by atoms with Crippen LogP contribution in [0.3, 0.4) is 0 Å². The van der Waals surface area contributed by atoms with Gasteiger partial charge in [-0.2, -0.15) is 0 Å². The van der Waals surface area contributed by atoms with Crippen molar-refractivity contribution in [3.05, 3.63) is 59.3 Å². The highest BCUT2D eigenvalue weighted by atomic mass is 32.2. The molecule has 2 atom stereocenters. The van der Waals surface area contributed by atoms with Gasteiger partial charge in [0.1, 0.15) is 0 Å². The lowest BCUT2D eigenvalue weighted by Gasteiger charge is -2.34. The standard InChI is InChI=1S/C26H30N4O3S/c1-17-21-13-12-20(34(2,32)33)15-24(21)29-26(27-17)30-14-6-9-19(16-30)25(31)28-23-11-5-8-18-7-3-4-10-22(18)23/h3-4,7,10,12-13,15,19,23H,5-6,8-9,11,14,16H2,1-2H3,(H,28,31)/t19-,23+/m0/s1. The molecule has 0 unspecified atom stereocenters. The Morgan fingerprint density at radius 1 is 1.09 bits per heavy atom. The number of carbonyl (C=O) groups is 1. The fourth-order valence-corrected chi connectivity index (χ4v) is 5.83. The largest absolute Gasteiger partial charge is 0.349 e. The van der Waals surface area contributed by atoms with Crippen molar-refractivity contribution in [2.45, 2.75) is 50.0 Å². The average molecular weight is 479 g/mol. The molecule has 1 amide bonds. The number of fused-ring (bicyclic) bond motifs is 2. The lowest BCUT2D eigenvalue weighted by molar-refractivity contribution is -0.126. The SMILES string of the molecule is Cc1nc(N2CCC[C@H](C(=O)N[C@@H]3CCCc4ccccc43)C2)nc2cc(S(C)(=O)=O)ccc12. The molecule has 5 rings (SSSR count). The summed E-state index contributed by atoms with van der Waals surface area (Å²) in [6.07, 6.45) is 6.03. The first-order valence-electron chi connectivity index (χ1n) is 11.9. The second-order valence-electron chi connectivity index (χ2n) is 9.50. The molecular weight excluding hydrogens is 448 g/mol. The van der Waals surface area contributed by atoms with E-state index in [9.17, 15) is 13.2 Å². The topological polar surface area (TPSA) is 92.3 Å². The maximum absolute atomic E-state index is 13.2. The van der Waals surface area contributed by atoms with E-state index in [1.165, 1.54) is 17.4 Å². The molecule has 0 saturated carbocycles. The Balaban J connectivity index is 1.35. The van der Waals surface area contributed by atoms with Crippen molar-refractivity contribution >= 4 is 32.6 Å². The highest BCUT2D eigenvalue weighted by Gasteiger charge is 2.30. The third kappa shape index (κ3) is 4.51. The van der Waals surface area contributed by atoms with Gasteiger partial charge >= 0.3 is 0 Å². The van der Waals surface area contributed by atoms with Gasteiger partial charge in [-0.05, 0) is 68.4 Å². The summed E-state index contributed by atoms with van der Waals surface area (Å²) in [5.41, 5.74) is 3.98. The Morgan fingerprint density at radius 2 is 1.91 bits per heavy atom. The van der Waals surface area contributed by atoms with Crippen LogP contribution in [0.25, 0.3) is 10.9 Å². The number of hydrogen-bond acceptors (Lipinski definition) is 6. The van der Waals surface area contributed by atoms with Crippen LogP contribution in [0, 0.1) is 12.8 Å². The summed E-state index contributed by atoms with van der Waals surface area (Å²) < 4.78 is 24.0. The van der Waals surface area contributed by atoms with E-state index < -0.39 is 9.84 Å². The summed E-state index contributed by atoms with van der Waals surface area (Å²) in [5, 5.41) is 4.14. The Morgan fingerprint density at radius 3 is 2.74 bits per heavy atom. The molecule has 0 bridgehead atoms. The molecule has 1 aliphatic heterocycles. The summed E-state index contributed by atoms with van der Waals surface area (Å²) in [6, 6.07) is 13.4. The molecular formula is C26H30N4O3S. The molecule has 1 N–H and O–H groups in total. The first-order valence-corrected chi connectivity index (χ1v) is 13.8. The Kier molecular flexibility index (Phi) is 6.02. The second-order valence-corrected chi connectivity index (χ2v) is 11.5. The van der Waals surface area contributed by atoms with Gasteiger partial charge in [0.15, 0.2) is 9.84 Å². The van der Waals surface area contributed by atoms with Crippen LogP contribution in [0.2, 0.25) is 0 Å². The maximum Gasteiger partial charge on any atom is 0.226 e. The van der Waals surface area contributed by atoms with Crippen molar-refractivity contribution in [2.24, 2.45) is 5.92 Å². The Bertz CT molecular complexity index is 1360. The Hall–Kier alpha value is -3.00. The number of rotatable bonds is 4. The van der Waals surface area contributed by atoms with Crippen LogP contribution in [-0.4, -0.2) is 43.6 Å². The predicted octanol–water partition coefficient (Wildman–Crippen LogP) is 3.75. The second kappa shape index (κ2) is 8.98. The molecule has 178 valence electrons. The fourth-order valence-electron chi connectivity index (χ4n) is 5.19. The van der Waals surface area contributed by atoms with Crippen molar-refractivity contribution in [1.82, 2.24) is 15.3 Å². The average Bonchev–Trinajstić information content (AvgIpc) is 2.83. The molecule has 7 nitrogen and oxygen atoms in total. The van der Waals surface area contributed by atoms with E-state index in [0.717, 1.165) is 49.7 Å². The number of hydrogen-bond donors (Lipinski definition) is 1. The van der Waals surface area contributed by atoms with Gasteiger partial charge in [0.05, 0.1) is 28.1 Å². The lowest BCUT2D eigenvalue weighted by Crippen LogP contribution is -2.45. The highest BCUT2D eigenvalue weighted by Crippen LogP contribution is 2.31. The molecule has 0 spiro atoms. The summed E-state index contributed by atoms with van der Waals surface area (Å²) in [5.74, 6) is 0.504. The number of benzene rings is 2. The van der Waals surface area contributed by atoms with Gasteiger partial charge in [-0.15, -0.1) is 0 Å². The summed E-state index contributed by atoms with van der Waals surface area (Å²) in [6.45, 7) is 3.23. The third-order valence-electron chi connectivity index (χ3n) is 7.04. The summed E-state index contributed by atoms with van der Waals surface area (Å²) in [4.78, 5) is 24.9. The van der Waals surface area contributed by atoms with Crippen LogP contribution in [-0.2, 0) is 21.1 Å². The number of amides is 1. The van der Waals surface area contributed by atoms with Gasteiger partial charge in [0.2, 0.25) is 11.9 Å². The number of aryl methyl sites for hydroxylation is 2. The minimum atomic E-state index is -3.33. The predicted molar refractivity (Wildman–Crippen MR) is 133 cm³/mol. The number of piperidine rings is 1. The lowest BCUT2D eigenvalue weighted by atomic mass is 9.87. The van der Waals surface area contributed by atoms with E-state index in [1.807, 2.05) is 13.0 Å². The van der Waals surface area contributed by atoms with Crippen LogP contribution >= 0.6 is 0 Å². The van der Waals surface area contributed by atoms with Crippen LogP contribution in [0.1, 0.15) is 48.5 Å². The summed E-state index contributed by atoms with van der Waals surface area (Å²) >= 11 is 0. The molecule has 2 heterocycles. The smallest absolute Gasteiger partial charge is 0.226 e. The monoisotopic (exact) mass is 478 g/mol. The van der Waals surface area contributed by atoms with E-state index in [0.29, 0.717) is 18.0 Å². The molecule has 1 aliphatic carbocycles. The van der Waals surface area contributed by atoms with Gasteiger partial charge in [-0.3, -0.25) is 4.79 Å². The van der Waals surface area contributed by atoms with Gasteiger partial charge < -0.3 is 10.2 Å². The number of nitrogens with one attached hydrogen (secondary N) is 1. The normalized spacial score (nSPS) is 20.7. The fraction of sp³-hybridized carbons (Fsp3) is 0.423. The van der Waals surface area contributed by atoms with E-state index in [2.05, 4.69) is 33.4 Å². The number of sulfone groups is 1. The quantitative estimate of drug-likeness (QED) is 0.614. The minimum absolute atomic E-state index is 0.0707. The van der Waals surface area contributed by atoms with Gasteiger partial charge in [-0.1, -0.05) is 24.3 Å². The summed E-state index contributed by atoms with van der Waals surface area (Å²) in [7, 11) is -3.33. The van der Waals surface area contributed by atoms with Crippen LogP contribution in [0.4, 0.5) is 5.95 Å². The molecule has 1 saturated heterocycles. The highest BCUT2D eigenvalue weighted by molar-refractivity contribution is 7.90. The molecule has 8 heteroatoms. The van der Waals surface area contributed by atoms with Gasteiger partial charge in [0.25, 0.3) is 0 Å². The third-order valence-corrected chi connectivity index (χ3v) is 8.15. The zero-order valence-corrected chi connectivity index (χ0v) is 20.4. The number of anilines is 1. The maximum atomic E-state index is 13.2. The molecule has 3 aromatic rings. The first kappa shape index (κ1) is 22.8. The van der Waals surface area contributed by atoms with E-state index in [1.54, 1.807) is 18.2 Å². The van der Waals surface area contributed by atoms with Gasteiger partial charge in [0, 0.05) is 24.7 Å². The van der Waals surface area contributed by atoms with Crippen LogP contribution < -0.4 is 10.2 Å². The molecule has 34 heavy (non-hydrogen) atoms. The van der Waals surface area contributed by atoms with Crippen LogP contribution in [0.5, 0.6) is 0 Å². The van der Waals surface area contributed by atoms with Crippen molar-refractivity contribution in [2.75, 3.05) is 24.2 Å². The molecule has 2 aromatic carbocycles. The van der Waals surface area contributed by atoms with Gasteiger partial charge in [-0.25, -0.2) is 18.4 Å². The van der Waals surface area contributed by atoms with Crippen LogP contribution in [0.15, 0.2) is 47.4 Å². The zero-order chi connectivity index (χ0) is 23.9. The molecule has 1 aromatic heterocycles. The molecule has 2 aliphatic rings. The Labute approximate surface area is 200 Å². The van der Waals surface area contributed by atoms with Crippen molar-refractivity contribution in [1.29, 1.82) is 0 Å². The van der Waals surface area contributed by atoms with E-state index in [-0.39, 0.29) is 22.8 Å². The van der Waals surface area contributed by atoms with Crippen molar-refractivity contribution in [3.63, 3.8) is 0 Å². The van der Waals surface area contributed by atoms with Crippen molar-refractivity contribution < 1.29 is 13.2 Å². The zero-order valence-electron chi connectivity index (χ0n) is 19.6.